The van der Waals surface area contributed by atoms with Gasteiger partial charge in [-0.05, 0) is 43.4 Å². The van der Waals surface area contributed by atoms with Crippen LogP contribution in [0.25, 0.3) is 0 Å². The Bertz CT molecular complexity index is 200. The number of nitrogens with zero attached hydrogens (tertiary/aromatic N) is 1. The summed E-state index contributed by atoms with van der Waals surface area (Å²) in [6.45, 7) is 3.62. The third-order valence-electron chi connectivity index (χ3n) is 4.63. The van der Waals surface area contributed by atoms with E-state index in [1.54, 1.807) is 0 Å². The van der Waals surface area contributed by atoms with Crippen LogP contribution in [0.5, 0.6) is 0 Å². The fraction of sp³-hybridized carbons (Fsp3) is 1.00. The quantitative estimate of drug-likeness (QED) is 0.737. The van der Waals surface area contributed by atoms with E-state index in [9.17, 15) is 0 Å². The normalized spacial score (nSPS) is 40.1. The van der Waals surface area contributed by atoms with Crippen molar-refractivity contribution in [2.75, 3.05) is 19.6 Å². The molecule has 0 bridgehead atoms. The molecule has 14 heavy (non-hydrogen) atoms. The third kappa shape index (κ3) is 1.49. The predicted octanol–water partition coefficient (Wildman–Crippen LogP) is 1.46. The lowest BCUT2D eigenvalue weighted by Gasteiger charge is -2.27. The summed E-state index contributed by atoms with van der Waals surface area (Å²) in [5.41, 5.74) is 5.90. The van der Waals surface area contributed by atoms with Crippen molar-refractivity contribution in [2.24, 2.45) is 23.5 Å². The zero-order chi connectivity index (χ0) is 9.54. The molecular formula is C12H22N2. The summed E-state index contributed by atoms with van der Waals surface area (Å²) in [6.07, 6.45) is 7.34. The van der Waals surface area contributed by atoms with Crippen LogP contribution in [-0.4, -0.2) is 30.6 Å². The molecule has 0 aromatic heterocycles. The maximum atomic E-state index is 5.90. The molecule has 3 atom stereocenters. The highest BCUT2D eigenvalue weighted by Gasteiger charge is 2.42. The van der Waals surface area contributed by atoms with Crippen LogP contribution in [0, 0.1) is 17.8 Å². The van der Waals surface area contributed by atoms with Gasteiger partial charge in [0.1, 0.15) is 0 Å². The van der Waals surface area contributed by atoms with Crippen LogP contribution in [0.1, 0.15) is 32.1 Å². The van der Waals surface area contributed by atoms with E-state index in [-0.39, 0.29) is 0 Å². The zero-order valence-corrected chi connectivity index (χ0v) is 8.99. The molecule has 2 heteroatoms. The van der Waals surface area contributed by atoms with Gasteiger partial charge in [0.05, 0.1) is 0 Å². The van der Waals surface area contributed by atoms with E-state index in [0.29, 0.717) is 0 Å². The summed E-state index contributed by atoms with van der Waals surface area (Å²) < 4.78 is 0. The predicted molar refractivity (Wildman–Crippen MR) is 58.0 cm³/mol. The van der Waals surface area contributed by atoms with Gasteiger partial charge in [-0.2, -0.15) is 0 Å². The summed E-state index contributed by atoms with van der Waals surface area (Å²) in [5.74, 6) is 3.02. The summed E-state index contributed by atoms with van der Waals surface area (Å²) in [5, 5.41) is 0. The Labute approximate surface area is 86.8 Å². The minimum atomic E-state index is 0.737. The molecule has 2 aliphatic carbocycles. The minimum Gasteiger partial charge on any atom is -0.329 e. The lowest BCUT2D eigenvalue weighted by Crippen LogP contribution is -2.41. The Hall–Kier alpha value is -0.0800. The first-order valence-electron chi connectivity index (χ1n) is 6.32. The highest BCUT2D eigenvalue weighted by molar-refractivity contribution is 4.96. The van der Waals surface area contributed by atoms with Crippen molar-refractivity contribution in [3.63, 3.8) is 0 Å². The van der Waals surface area contributed by atoms with Crippen LogP contribution >= 0.6 is 0 Å². The van der Waals surface area contributed by atoms with E-state index in [0.717, 1.165) is 30.3 Å². The molecule has 0 spiro atoms. The van der Waals surface area contributed by atoms with Gasteiger partial charge in [0.2, 0.25) is 0 Å². The van der Waals surface area contributed by atoms with Crippen LogP contribution in [0.2, 0.25) is 0 Å². The van der Waals surface area contributed by atoms with Gasteiger partial charge in [-0.1, -0.05) is 6.42 Å². The lowest BCUT2D eigenvalue weighted by molar-refractivity contribution is 0.207. The fourth-order valence-electron chi connectivity index (χ4n) is 3.66. The highest BCUT2D eigenvalue weighted by atomic mass is 15.2. The summed E-state index contributed by atoms with van der Waals surface area (Å²) >= 11 is 0. The molecular weight excluding hydrogens is 172 g/mol. The molecule has 80 valence electrons. The molecule has 3 aliphatic rings. The van der Waals surface area contributed by atoms with Crippen molar-refractivity contribution in [1.82, 2.24) is 4.90 Å². The van der Waals surface area contributed by atoms with Gasteiger partial charge in [0.25, 0.3) is 0 Å². The molecule has 0 amide bonds. The van der Waals surface area contributed by atoms with Crippen LogP contribution < -0.4 is 5.73 Å². The summed E-state index contributed by atoms with van der Waals surface area (Å²) in [4.78, 5) is 2.71. The fourth-order valence-corrected chi connectivity index (χ4v) is 3.66. The van der Waals surface area contributed by atoms with Crippen molar-refractivity contribution in [3.8, 4) is 0 Å². The maximum Gasteiger partial charge on any atom is 0.0246 e. The number of hydrogen-bond donors (Lipinski definition) is 1. The molecule has 3 fully saturated rings. The van der Waals surface area contributed by atoms with Crippen molar-refractivity contribution >= 4 is 0 Å². The molecule has 2 nitrogen and oxygen atoms in total. The van der Waals surface area contributed by atoms with E-state index in [2.05, 4.69) is 4.90 Å². The van der Waals surface area contributed by atoms with Crippen LogP contribution in [0.4, 0.5) is 0 Å². The topological polar surface area (TPSA) is 29.3 Å². The van der Waals surface area contributed by atoms with E-state index < -0.39 is 0 Å². The van der Waals surface area contributed by atoms with Gasteiger partial charge in [-0.3, -0.25) is 4.90 Å². The number of rotatable bonds is 3. The number of hydrogen-bond acceptors (Lipinski definition) is 2. The van der Waals surface area contributed by atoms with Gasteiger partial charge in [-0.15, -0.1) is 0 Å². The highest BCUT2D eigenvalue weighted by Crippen LogP contribution is 2.42. The summed E-state index contributed by atoms with van der Waals surface area (Å²) in [6, 6.07) is 0.737. The van der Waals surface area contributed by atoms with Crippen LogP contribution in [-0.2, 0) is 0 Å². The SMILES string of the molecule is NCC(C1CC1)N1CC2CCCC2C1. The van der Waals surface area contributed by atoms with Crippen LogP contribution in [0.15, 0.2) is 0 Å². The average Bonchev–Trinajstić information content (AvgIpc) is 2.75. The van der Waals surface area contributed by atoms with E-state index in [1.165, 1.54) is 45.2 Å². The van der Waals surface area contributed by atoms with E-state index in [4.69, 9.17) is 5.73 Å². The number of likely N-dealkylation sites (tertiary alicyclic amines) is 1. The Morgan fingerprint density at radius 3 is 2.21 bits per heavy atom. The van der Waals surface area contributed by atoms with Crippen molar-refractivity contribution in [2.45, 2.75) is 38.1 Å². The van der Waals surface area contributed by atoms with Gasteiger partial charge >= 0.3 is 0 Å². The molecule has 0 aromatic carbocycles. The van der Waals surface area contributed by atoms with E-state index in [1.807, 2.05) is 0 Å². The first-order chi connectivity index (χ1) is 6.88. The first kappa shape index (κ1) is 9.17. The molecule has 1 aliphatic heterocycles. The molecule has 2 N–H and O–H groups in total. The van der Waals surface area contributed by atoms with Gasteiger partial charge in [0.15, 0.2) is 0 Å². The molecule has 3 rings (SSSR count). The van der Waals surface area contributed by atoms with Crippen molar-refractivity contribution < 1.29 is 0 Å². The Morgan fingerprint density at radius 1 is 1.07 bits per heavy atom. The second-order valence-corrected chi connectivity index (χ2v) is 5.55. The first-order valence-corrected chi connectivity index (χ1v) is 6.32. The Morgan fingerprint density at radius 2 is 1.71 bits per heavy atom. The largest absolute Gasteiger partial charge is 0.329 e. The molecule has 1 heterocycles. The molecule has 2 saturated carbocycles. The number of fused-ring (bicyclic) bond motifs is 1. The smallest absolute Gasteiger partial charge is 0.0246 e. The monoisotopic (exact) mass is 194 g/mol. The zero-order valence-electron chi connectivity index (χ0n) is 8.99. The summed E-state index contributed by atoms with van der Waals surface area (Å²) in [7, 11) is 0. The maximum absolute atomic E-state index is 5.90. The number of nitrogens with two attached hydrogens (primary N) is 1. The second-order valence-electron chi connectivity index (χ2n) is 5.55. The van der Waals surface area contributed by atoms with Crippen molar-refractivity contribution in [3.05, 3.63) is 0 Å². The average molecular weight is 194 g/mol. The standard InChI is InChI=1S/C12H22N2/c13-6-12(9-4-5-9)14-7-10-2-1-3-11(10)8-14/h9-12H,1-8,13H2. The van der Waals surface area contributed by atoms with Crippen molar-refractivity contribution in [1.29, 1.82) is 0 Å². The molecule has 0 radical (unpaired) electrons. The molecule has 1 saturated heterocycles. The van der Waals surface area contributed by atoms with E-state index >= 15 is 0 Å². The van der Waals surface area contributed by atoms with Gasteiger partial charge < -0.3 is 5.73 Å². The second kappa shape index (κ2) is 3.49. The van der Waals surface area contributed by atoms with Gasteiger partial charge in [-0.25, -0.2) is 0 Å². The Kier molecular flexibility index (Phi) is 2.29. The lowest BCUT2D eigenvalue weighted by atomic mass is 10.0. The third-order valence-corrected chi connectivity index (χ3v) is 4.63. The minimum absolute atomic E-state index is 0.737. The molecule has 0 aromatic rings. The van der Waals surface area contributed by atoms with Crippen LogP contribution in [0.3, 0.4) is 0 Å². The molecule has 3 unspecified atom stereocenters. The Balaban J connectivity index is 1.63. The van der Waals surface area contributed by atoms with Gasteiger partial charge in [0, 0.05) is 25.7 Å².